The van der Waals surface area contributed by atoms with Crippen molar-refractivity contribution >= 4 is 49.3 Å². The van der Waals surface area contributed by atoms with E-state index in [1.807, 2.05) is 91.0 Å². The summed E-state index contributed by atoms with van der Waals surface area (Å²) in [6.45, 7) is 35.3. The molecule has 0 spiro atoms. The molecule has 0 atom stereocenters. The topological polar surface area (TPSA) is 100 Å². The van der Waals surface area contributed by atoms with Crippen LogP contribution in [0.5, 0.6) is 0 Å². The highest BCUT2D eigenvalue weighted by atomic mass is 15.0. The quantitative estimate of drug-likeness (QED) is 0.141. The van der Waals surface area contributed by atoms with Gasteiger partial charge in [0.05, 0.1) is 51.9 Å². The Balaban J connectivity index is 1.07. The smallest absolute Gasteiger partial charge is 0.187 e. The summed E-state index contributed by atoms with van der Waals surface area (Å²) >= 11 is 0. The zero-order valence-electron chi connectivity index (χ0n) is 53.2. The maximum atomic E-state index is 10.4. The molecule has 0 radical (unpaired) electrons. The van der Waals surface area contributed by atoms with Crippen LogP contribution in [0.15, 0.2) is 206 Å². The van der Waals surface area contributed by atoms with Gasteiger partial charge in [0, 0.05) is 49.6 Å². The van der Waals surface area contributed by atoms with Gasteiger partial charge >= 0.3 is 0 Å². The van der Waals surface area contributed by atoms with Gasteiger partial charge in [-0.2, -0.15) is 10.5 Å². The van der Waals surface area contributed by atoms with Crippen molar-refractivity contribution in [1.82, 2.24) is 24.1 Å². The Kier molecular flexibility index (Phi) is 14.2. The molecule has 438 valence electrons. The van der Waals surface area contributed by atoms with Crippen LogP contribution in [0.3, 0.4) is 0 Å². The zero-order valence-corrected chi connectivity index (χ0v) is 53.2. The van der Waals surface area contributed by atoms with Gasteiger partial charge in [0.2, 0.25) is 0 Å². The zero-order chi connectivity index (χ0) is 63.2. The molecule has 0 bridgehead atoms. The fraction of sp³-hybridized carbons (Fsp3) is 0.195. The highest BCUT2D eigenvalue weighted by Crippen LogP contribution is 2.44. The van der Waals surface area contributed by atoms with Crippen LogP contribution >= 0.6 is 0 Å². The molecule has 13 aromatic rings. The molecule has 8 heteroatoms. The predicted molar refractivity (Wildman–Crippen MR) is 372 cm³/mol. The highest BCUT2D eigenvalue weighted by molar-refractivity contribution is 6.11. The molecule has 0 saturated carbocycles. The van der Waals surface area contributed by atoms with Crippen molar-refractivity contribution in [1.29, 1.82) is 10.5 Å². The summed E-state index contributed by atoms with van der Waals surface area (Å²) in [7, 11) is 0. The summed E-state index contributed by atoms with van der Waals surface area (Å²) in [5.41, 5.74) is 19.9. The second-order valence-electron chi connectivity index (χ2n) is 28.0. The maximum Gasteiger partial charge on any atom is 0.187 e. The van der Waals surface area contributed by atoms with Crippen LogP contribution in [0.2, 0.25) is 0 Å². The van der Waals surface area contributed by atoms with Gasteiger partial charge in [-0.25, -0.2) is 19.8 Å². The van der Waals surface area contributed by atoms with Gasteiger partial charge in [-0.05, 0) is 186 Å². The molecule has 0 aliphatic carbocycles. The van der Waals surface area contributed by atoms with Crippen LogP contribution < -0.4 is 0 Å². The number of nitrogens with zero attached hydrogens (tertiary/aromatic N) is 8. The summed E-state index contributed by atoms with van der Waals surface area (Å²) < 4.78 is 4.72. The SMILES string of the molecule is [C-]#[N+]c1cccc(-c2cc(-n3c4ccc(C(C)(C)C)cc4c4cc(C(C)(C)C)ccc43)ccc2-c2nc(-c3ccc(-c4ccccc4C#N)cc3)nc(-c3ccc(-n4c5ccc(C(C)(C)C)cc5c5cc(C(C)(C)C)ccc54)cc3-c3cccc(C#N)c3)n2)c1. The molecule has 0 saturated heterocycles. The second-order valence-corrected chi connectivity index (χ2v) is 28.0. The molecular weight excluding hydrogens is 1100 g/mol. The molecule has 0 unspecified atom stereocenters. The van der Waals surface area contributed by atoms with E-state index in [1.54, 1.807) is 0 Å². The third-order valence-corrected chi connectivity index (χ3v) is 17.7. The van der Waals surface area contributed by atoms with E-state index in [2.05, 4.69) is 224 Å². The van der Waals surface area contributed by atoms with Crippen LogP contribution in [0.4, 0.5) is 5.69 Å². The lowest BCUT2D eigenvalue weighted by atomic mass is 9.85. The first-order valence-electron chi connectivity index (χ1n) is 30.8. The van der Waals surface area contributed by atoms with Gasteiger partial charge in [-0.15, -0.1) is 0 Å². The number of hydrogen-bond donors (Lipinski definition) is 0. The van der Waals surface area contributed by atoms with E-state index < -0.39 is 0 Å². The molecule has 0 aliphatic heterocycles. The molecule has 0 fully saturated rings. The first kappa shape index (κ1) is 58.3. The van der Waals surface area contributed by atoms with E-state index in [1.165, 1.54) is 43.8 Å². The van der Waals surface area contributed by atoms with Crippen LogP contribution in [0.1, 0.15) is 116 Å². The first-order valence-corrected chi connectivity index (χ1v) is 30.8. The van der Waals surface area contributed by atoms with E-state index in [4.69, 9.17) is 21.5 Å². The molecule has 0 N–H and O–H groups in total. The van der Waals surface area contributed by atoms with E-state index in [-0.39, 0.29) is 21.7 Å². The number of hydrogen-bond acceptors (Lipinski definition) is 5. The minimum atomic E-state index is -0.0671. The largest absolute Gasteiger partial charge is 0.309 e. The maximum absolute atomic E-state index is 10.4. The lowest BCUT2D eigenvalue weighted by Gasteiger charge is -2.19. The fourth-order valence-corrected chi connectivity index (χ4v) is 12.6. The number of benzene rings is 10. The molecule has 0 aliphatic rings. The van der Waals surface area contributed by atoms with Crippen LogP contribution in [-0.4, -0.2) is 24.1 Å². The Hall–Kier alpha value is -10.7. The lowest BCUT2D eigenvalue weighted by molar-refractivity contribution is 0.590. The lowest BCUT2D eigenvalue weighted by Crippen LogP contribution is -2.10. The van der Waals surface area contributed by atoms with Gasteiger partial charge in [0.1, 0.15) is 0 Å². The number of fused-ring (bicyclic) bond motifs is 6. The van der Waals surface area contributed by atoms with Gasteiger partial charge in [0.15, 0.2) is 23.2 Å². The van der Waals surface area contributed by atoms with Gasteiger partial charge in [-0.3, -0.25) is 0 Å². The third-order valence-electron chi connectivity index (χ3n) is 17.7. The molecular formula is C82H70N8. The Bertz CT molecular complexity index is 4780. The van der Waals surface area contributed by atoms with Crippen LogP contribution in [0, 0.1) is 29.2 Å². The van der Waals surface area contributed by atoms with Crippen molar-refractivity contribution in [3.63, 3.8) is 0 Å². The minimum absolute atomic E-state index is 0.0660. The molecule has 0 amide bonds. The van der Waals surface area contributed by atoms with E-state index in [9.17, 15) is 10.5 Å². The summed E-state index contributed by atoms with van der Waals surface area (Å²) in [6.07, 6.45) is 0. The Morgan fingerprint density at radius 3 is 1.18 bits per heavy atom. The van der Waals surface area contributed by atoms with Crippen molar-refractivity contribution in [2.45, 2.75) is 105 Å². The minimum Gasteiger partial charge on any atom is -0.309 e. The molecule has 3 aromatic heterocycles. The molecule has 8 nitrogen and oxygen atoms in total. The van der Waals surface area contributed by atoms with E-state index in [0.717, 1.165) is 83.5 Å². The normalized spacial score (nSPS) is 12.2. The number of aromatic nitrogens is 5. The first-order chi connectivity index (χ1) is 43.0. The van der Waals surface area contributed by atoms with Gasteiger partial charge in [0.25, 0.3) is 0 Å². The molecule has 10 aromatic carbocycles. The summed E-state index contributed by atoms with van der Waals surface area (Å²) in [4.78, 5) is 20.4. The van der Waals surface area contributed by atoms with Crippen molar-refractivity contribution in [2.75, 3.05) is 0 Å². The Morgan fingerprint density at radius 1 is 0.344 bits per heavy atom. The predicted octanol–water partition coefficient (Wildman–Crippen LogP) is 21.6. The van der Waals surface area contributed by atoms with Crippen molar-refractivity contribution in [2.24, 2.45) is 0 Å². The van der Waals surface area contributed by atoms with Gasteiger partial charge in [-0.1, -0.05) is 180 Å². The molecule has 13 rings (SSSR count). The monoisotopic (exact) mass is 1170 g/mol. The second kappa shape index (κ2) is 21.8. The van der Waals surface area contributed by atoms with Crippen molar-refractivity contribution in [3.8, 4) is 91.1 Å². The summed E-state index contributed by atoms with van der Waals surface area (Å²) in [5.74, 6) is 1.31. The van der Waals surface area contributed by atoms with Crippen molar-refractivity contribution < 1.29 is 0 Å². The average Bonchev–Trinajstić information content (AvgIpc) is 1.57. The summed E-state index contributed by atoms with van der Waals surface area (Å²) in [5, 5.41) is 25.3. The van der Waals surface area contributed by atoms with E-state index in [0.29, 0.717) is 34.3 Å². The van der Waals surface area contributed by atoms with Crippen molar-refractivity contribution in [3.05, 3.63) is 251 Å². The Labute approximate surface area is 527 Å². The standard InChI is InChI=1S/C82H70N8/c1-79(2,3)56-28-36-72-68(42-56)69-43-57(80(4,5)6)29-37-73(69)89(72)61-32-34-64(66(46-61)53-20-16-18-50(40-53)48-83)77-86-76(52-26-24-51(25-27-52)63-23-15-14-19-55(63)49-84)87-78(88-77)65-35-33-62(47-67(65)54-21-17-22-60(41-54)85-13)90-74-38-30-58(81(7,8)9)44-70(74)71-45-59(82(10,11)12)31-39-75(71)90/h14-47H,1-12H3. The molecule has 90 heavy (non-hydrogen) atoms. The highest BCUT2D eigenvalue weighted by Gasteiger charge is 2.26. The third kappa shape index (κ3) is 10.6. The number of rotatable bonds is 8. The molecule has 3 heterocycles. The Morgan fingerprint density at radius 2 is 0.756 bits per heavy atom. The van der Waals surface area contributed by atoms with E-state index >= 15 is 0 Å². The van der Waals surface area contributed by atoms with Gasteiger partial charge < -0.3 is 9.13 Å². The average molecular weight is 1170 g/mol. The number of nitriles is 2. The van der Waals surface area contributed by atoms with Crippen LogP contribution in [-0.2, 0) is 21.7 Å². The summed E-state index contributed by atoms with van der Waals surface area (Å²) in [6, 6.07) is 76.4. The fourth-order valence-electron chi connectivity index (χ4n) is 12.6. The van der Waals surface area contributed by atoms with Crippen LogP contribution in [0.25, 0.3) is 127 Å².